The smallest absolute Gasteiger partial charge is 0.253 e. The fourth-order valence-corrected chi connectivity index (χ4v) is 1.90. The summed E-state index contributed by atoms with van der Waals surface area (Å²) >= 11 is 3.39. The number of nitrogens with one attached hydrogen (secondary N) is 2. The first-order valence-corrected chi connectivity index (χ1v) is 5.56. The van der Waals surface area contributed by atoms with Crippen LogP contribution in [0.5, 0.6) is 0 Å². The molecule has 0 atom stereocenters. The highest BCUT2D eigenvalue weighted by Gasteiger charge is 2.10. The molecule has 4 heteroatoms. The Morgan fingerprint density at radius 1 is 1.53 bits per heavy atom. The Balaban J connectivity index is 2.52. The Morgan fingerprint density at radius 3 is 3.07 bits per heavy atom. The molecule has 2 rings (SSSR count). The highest BCUT2D eigenvalue weighted by Crippen LogP contribution is 2.22. The third-order valence-electron chi connectivity index (χ3n) is 2.23. The molecule has 0 radical (unpaired) electrons. The van der Waals surface area contributed by atoms with Crippen LogP contribution in [0.25, 0.3) is 10.9 Å². The van der Waals surface area contributed by atoms with Crippen molar-refractivity contribution < 1.29 is 4.79 Å². The van der Waals surface area contributed by atoms with E-state index in [4.69, 9.17) is 0 Å². The van der Waals surface area contributed by atoms with Crippen LogP contribution in [0.1, 0.15) is 17.3 Å². The number of carbonyl (C=O) groups excluding carboxylic acids is 1. The average molecular weight is 267 g/mol. The lowest BCUT2D eigenvalue weighted by molar-refractivity contribution is 0.0957. The maximum atomic E-state index is 11.7. The van der Waals surface area contributed by atoms with Gasteiger partial charge in [-0.3, -0.25) is 4.79 Å². The van der Waals surface area contributed by atoms with Gasteiger partial charge in [0.05, 0.1) is 5.56 Å². The van der Waals surface area contributed by atoms with Crippen LogP contribution in [0.2, 0.25) is 0 Å². The zero-order chi connectivity index (χ0) is 10.8. The molecule has 78 valence electrons. The minimum absolute atomic E-state index is 0.0400. The van der Waals surface area contributed by atoms with Crippen molar-refractivity contribution in [2.45, 2.75) is 6.92 Å². The largest absolute Gasteiger partial charge is 0.360 e. The van der Waals surface area contributed by atoms with Crippen molar-refractivity contribution in [3.05, 3.63) is 34.4 Å². The summed E-state index contributed by atoms with van der Waals surface area (Å²) < 4.78 is 0.972. The summed E-state index contributed by atoms with van der Waals surface area (Å²) in [4.78, 5) is 14.8. The highest BCUT2D eigenvalue weighted by atomic mass is 79.9. The monoisotopic (exact) mass is 266 g/mol. The van der Waals surface area contributed by atoms with Crippen LogP contribution in [0.3, 0.4) is 0 Å². The lowest BCUT2D eigenvalue weighted by atomic mass is 10.1. The predicted molar refractivity (Wildman–Crippen MR) is 64.0 cm³/mol. The van der Waals surface area contributed by atoms with Crippen molar-refractivity contribution in [1.82, 2.24) is 10.3 Å². The Kier molecular flexibility index (Phi) is 2.77. The normalized spacial score (nSPS) is 10.5. The molecule has 0 aliphatic rings. The lowest BCUT2D eigenvalue weighted by Gasteiger charge is -2.00. The van der Waals surface area contributed by atoms with Crippen molar-refractivity contribution in [2.75, 3.05) is 6.54 Å². The van der Waals surface area contributed by atoms with Gasteiger partial charge in [0.25, 0.3) is 5.91 Å². The van der Waals surface area contributed by atoms with Crippen LogP contribution >= 0.6 is 15.9 Å². The SMILES string of the molecule is CCNC(=O)c1c[nH]c2ccc(Br)cc12. The number of aromatic amines is 1. The van der Waals surface area contributed by atoms with E-state index in [0.717, 1.165) is 15.4 Å². The summed E-state index contributed by atoms with van der Waals surface area (Å²) in [6, 6.07) is 5.83. The minimum atomic E-state index is -0.0400. The van der Waals surface area contributed by atoms with Gasteiger partial charge in [0.2, 0.25) is 0 Å². The van der Waals surface area contributed by atoms with Crippen molar-refractivity contribution in [3.8, 4) is 0 Å². The van der Waals surface area contributed by atoms with Gasteiger partial charge in [-0.2, -0.15) is 0 Å². The van der Waals surface area contributed by atoms with E-state index >= 15 is 0 Å². The van der Waals surface area contributed by atoms with Gasteiger partial charge in [-0.1, -0.05) is 15.9 Å². The van der Waals surface area contributed by atoms with E-state index in [1.165, 1.54) is 0 Å². The molecule has 0 fully saturated rings. The quantitative estimate of drug-likeness (QED) is 0.863. The van der Waals surface area contributed by atoms with Gasteiger partial charge in [0.1, 0.15) is 0 Å². The standard InChI is InChI=1S/C11H11BrN2O/c1-2-13-11(15)9-6-14-10-4-3-7(12)5-8(9)10/h3-6,14H,2H2,1H3,(H,13,15). The van der Waals surface area contributed by atoms with Gasteiger partial charge in [0.15, 0.2) is 0 Å². The lowest BCUT2D eigenvalue weighted by Crippen LogP contribution is -2.22. The second-order valence-corrected chi connectivity index (χ2v) is 4.17. The third-order valence-corrected chi connectivity index (χ3v) is 2.72. The molecule has 1 aromatic carbocycles. The van der Waals surface area contributed by atoms with E-state index in [1.807, 2.05) is 25.1 Å². The Bertz CT molecular complexity index is 504. The fraction of sp³-hybridized carbons (Fsp3) is 0.182. The minimum Gasteiger partial charge on any atom is -0.360 e. The second-order valence-electron chi connectivity index (χ2n) is 3.25. The van der Waals surface area contributed by atoms with Crippen LogP contribution in [-0.2, 0) is 0 Å². The molecule has 15 heavy (non-hydrogen) atoms. The van der Waals surface area contributed by atoms with Crippen molar-refractivity contribution in [2.24, 2.45) is 0 Å². The zero-order valence-corrected chi connectivity index (χ0v) is 9.89. The predicted octanol–water partition coefficient (Wildman–Crippen LogP) is 2.68. The summed E-state index contributed by atoms with van der Waals surface area (Å²) in [6.45, 7) is 2.54. The average Bonchev–Trinajstić information content (AvgIpc) is 2.60. The van der Waals surface area contributed by atoms with Crippen LogP contribution in [0, 0.1) is 0 Å². The third kappa shape index (κ3) is 1.90. The molecule has 1 aromatic heterocycles. The van der Waals surface area contributed by atoms with Gasteiger partial charge in [-0.25, -0.2) is 0 Å². The van der Waals surface area contributed by atoms with E-state index in [0.29, 0.717) is 12.1 Å². The second kappa shape index (κ2) is 4.06. The van der Waals surface area contributed by atoms with Crippen LogP contribution in [-0.4, -0.2) is 17.4 Å². The van der Waals surface area contributed by atoms with E-state index in [2.05, 4.69) is 26.2 Å². The van der Waals surface area contributed by atoms with Crippen molar-refractivity contribution in [3.63, 3.8) is 0 Å². The van der Waals surface area contributed by atoms with Crippen molar-refractivity contribution in [1.29, 1.82) is 0 Å². The Hall–Kier alpha value is -1.29. The molecule has 2 N–H and O–H groups in total. The van der Waals surface area contributed by atoms with Gasteiger partial charge in [0, 0.05) is 28.1 Å². The number of halogens is 1. The van der Waals surface area contributed by atoms with Gasteiger partial charge in [-0.15, -0.1) is 0 Å². The molecule has 0 saturated heterocycles. The first-order valence-electron chi connectivity index (χ1n) is 4.77. The van der Waals surface area contributed by atoms with E-state index < -0.39 is 0 Å². The van der Waals surface area contributed by atoms with Gasteiger partial charge >= 0.3 is 0 Å². The van der Waals surface area contributed by atoms with Crippen LogP contribution in [0.15, 0.2) is 28.9 Å². The fourth-order valence-electron chi connectivity index (χ4n) is 1.54. The summed E-state index contributed by atoms with van der Waals surface area (Å²) in [7, 11) is 0. The first-order chi connectivity index (χ1) is 7.22. The van der Waals surface area contributed by atoms with Gasteiger partial charge in [-0.05, 0) is 25.1 Å². The number of H-pyrrole nitrogens is 1. The molecule has 0 bridgehead atoms. The topological polar surface area (TPSA) is 44.9 Å². The molecule has 1 heterocycles. The molecule has 0 spiro atoms. The summed E-state index contributed by atoms with van der Waals surface area (Å²) in [5.74, 6) is -0.0400. The van der Waals surface area contributed by atoms with Crippen molar-refractivity contribution >= 4 is 32.7 Å². The zero-order valence-electron chi connectivity index (χ0n) is 8.30. The van der Waals surface area contributed by atoms with Crippen LogP contribution in [0.4, 0.5) is 0 Å². The van der Waals surface area contributed by atoms with Gasteiger partial charge < -0.3 is 10.3 Å². The Labute approximate surface area is 96.0 Å². The number of rotatable bonds is 2. The number of hydrogen-bond acceptors (Lipinski definition) is 1. The molecular formula is C11H11BrN2O. The highest BCUT2D eigenvalue weighted by molar-refractivity contribution is 9.10. The summed E-state index contributed by atoms with van der Waals surface area (Å²) in [5.41, 5.74) is 1.66. The number of carbonyl (C=O) groups is 1. The number of benzene rings is 1. The summed E-state index contributed by atoms with van der Waals surface area (Å²) in [5, 5.41) is 3.73. The summed E-state index contributed by atoms with van der Waals surface area (Å²) in [6.07, 6.45) is 1.74. The maximum absolute atomic E-state index is 11.7. The molecule has 0 saturated carbocycles. The molecule has 0 unspecified atom stereocenters. The number of fused-ring (bicyclic) bond motifs is 1. The van der Waals surface area contributed by atoms with E-state index in [-0.39, 0.29) is 5.91 Å². The Morgan fingerprint density at radius 2 is 2.33 bits per heavy atom. The molecule has 0 aliphatic heterocycles. The number of aromatic nitrogens is 1. The molecule has 3 nitrogen and oxygen atoms in total. The number of hydrogen-bond donors (Lipinski definition) is 2. The maximum Gasteiger partial charge on any atom is 0.253 e. The van der Waals surface area contributed by atoms with Crippen LogP contribution < -0.4 is 5.32 Å². The van der Waals surface area contributed by atoms with E-state index in [9.17, 15) is 4.79 Å². The molecule has 2 aromatic rings. The molecular weight excluding hydrogens is 256 g/mol. The number of amides is 1. The first kappa shape index (κ1) is 10.2. The molecule has 0 aliphatic carbocycles. The molecule has 1 amide bonds. The van der Waals surface area contributed by atoms with E-state index in [1.54, 1.807) is 6.20 Å².